The molecule has 0 radical (unpaired) electrons. The number of nitrogens with one attached hydrogen (secondary N) is 1. The van der Waals surface area contributed by atoms with Gasteiger partial charge in [0.15, 0.2) is 4.34 Å². The number of esters is 1. The van der Waals surface area contributed by atoms with Crippen LogP contribution in [-0.4, -0.2) is 55.5 Å². The SMILES string of the molecule is COC(=O)c1ccc(CSc2nnc(NC(=O)CN(C)S(=O)(=O)c3ccc(Cl)cc3)s2)cc1. The number of hydrogen-bond acceptors (Lipinski definition) is 9. The minimum Gasteiger partial charge on any atom is -0.465 e. The predicted octanol–water partition coefficient (Wildman–Crippen LogP) is 3.53. The highest BCUT2D eigenvalue weighted by molar-refractivity contribution is 8.00. The lowest BCUT2D eigenvalue weighted by Crippen LogP contribution is -2.34. The van der Waals surface area contributed by atoms with E-state index in [0.29, 0.717) is 20.7 Å². The van der Waals surface area contributed by atoms with Crippen molar-refractivity contribution in [1.29, 1.82) is 0 Å². The zero-order chi connectivity index (χ0) is 24.0. The molecule has 3 rings (SSSR count). The molecule has 0 unspecified atom stereocenters. The molecule has 0 fully saturated rings. The van der Waals surface area contributed by atoms with Crippen molar-refractivity contribution in [2.24, 2.45) is 0 Å². The number of methoxy groups -OCH3 is 1. The third kappa shape index (κ3) is 6.74. The van der Waals surface area contributed by atoms with Gasteiger partial charge < -0.3 is 4.74 Å². The molecule has 0 saturated carbocycles. The topological polar surface area (TPSA) is 119 Å². The van der Waals surface area contributed by atoms with Crippen LogP contribution in [0.5, 0.6) is 0 Å². The number of thioether (sulfide) groups is 1. The fourth-order valence-corrected chi connectivity index (χ4v) is 5.53. The Balaban J connectivity index is 1.52. The first-order valence-electron chi connectivity index (χ1n) is 9.34. The van der Waals surface area contributed by atoms with Gasteiger partial charge in [0.05, 0.1) is 24.1 Å². The normalized spacial score (nSPS) is 11.4. The number of nitrogens with zero attached hydrogens (tertiary/aromatic N) is 3. The first-order valence-corrected chi connectivity index (χ1v) is 13.0. The highest BCUT2D eigenvalue weighted by Crippen LogP contribution is 2.28. The predicted molar refractivity (Wildman–Crippen MR) is 127 cm³/mol. The van der Waals surface area contributed by atoms with Crippen LogP contribution in [0.25, 0.3) is 0 Å². The van der Waals surface area contributed by atoms with Gasteiger partial charge >= 0.3 is 5.97 Å². The minimum absolute atomic E-state index is 0.0384. The van der Waals surface area contributed by atoms with E-state index < -0.39 is 21.9 Å². The molecule has 1 amide bonds. The van der Waals surface area contributed by atoms with Gasteiger partial charge in [0, 0.05) is 17.8 Å². The summed E-state index contributed by atoms with van der Waals surface area (Å²) in [4.78, 5) is 23.8. The number of rotatable bonds is 9. The van der Waals surface area contributed by atoms with Gasteiger partial charge in [0.1, 0.15) is 0 Å². The Morgan fingerprint density at radius 1 is 1.12 bits per heavy atom. The van der Waals surface area contributed by atoms with Crippen LogP contribution in [0.15, 0.2) is 57.8 Å². The monoisotopic (exact) mass is 526 g/mol. The van der Waals surface area contributed by atoms with Crippen LogP contribution in [0.1, 0.15) is 15.9 Å². The lowest BCUT2D eigenvalue weighted by atomic mass is 10.1. The van der Waals surface area contributed by atoms with E-state index in [2.05, 4.69) is 20.3 Å². The molecule has 13 heteroatoms. The van der Waals surface area contributed by atoms with Gasteiger partial charge in [0.25, 0.3) is 0 Å². The lowest BCUT2D eigenvalue weighted by Gasteiger charge is -2.16. The van der Waals surface area contributed by atoms with Crippen molar-refractivity contribution in [2.45, 2.75) is 15.0 Å². The van der Waals surface area contributed by atoms with E-state index in [1.807, 2.05) is 12.1 Å². The van der Waals surface area contributed by atoms with Crippen LogP contribution >= 0.6 is 34.7 Å². The second-order valence-electron chi connectivity index (χ2n) is 6.61. The molecule has 0 aliphatic heterocycles. The average molecular weight is 527 g/mol. The lowest BCUT2D eigenvalue weighted by molar-refractivity contribution is -0.116. The van der Waals surface area contributed by atoms with Gasteiger partial charge in [-0.3, -0.25) is 10.1 Å². The van der Waals surface area contributed by atoms with Gasteiger partial charge in [-0.05, 0) is 42.0 Å². The largest absolute Gasteiger partial charge is 0.465 e. The van der Waals surface area contributed by atoms with Crippen molar-refractivity contribution in [3.05, 3.63) is 64.7 Å². The molecule has 0 bridgehead atoms. The zero-order valence-corrected chi connectivity index (χ0v) is 20.7. The van der Waals surface area contributed by atoms with E-state index in [9.17, 15) is 18.0 Å². The minimum atomic E-state index is -3.84. The van der Waals surface area contributed by atoms with Crippen LogP contribution < -0.4 is 5.32 Å². The molecular weight excluding hydrogens is 508 g/mol. The van der Waals surface area contributed by atoms with Crippen LogP contribution in [0, 0.1) is 0 Å². The average Bonchev–Trinajstić information content (AvgIpc) is 3.24. The maximum Gasteiger partial charge on any atom is 0.337 e. The Kier molecular flexibility index (Phi) is 8.43. The first kappa shape index (κ1) is 25.1. The standard InChI is InChI=1S/C20H19ClN4O5S3/c1-25(33(28,29)16-9-7-15(21)8-10-16)11-17(26)22-19-23-24-20(32-19)31-12-13-3-5-14(6-4-13)18(27)30-2/h3-10H,11-12H2,1-2H3,(H,22,23,26). The number of aromatic nitrogens is 2. The summed E-state index contributed by atoms with van der Waals surface area (Å²) in [7, 11) is -1.20. The summed E-state index contributed by atoms with van der Waals surface area (Å²) in [5, 5.41) is 11.2. The molecule has 0 saturated heterocycles. The molecular formula is C20H19ClN4O5S3. The van der Waals surface area contributed by atoms with Crippen molar-refractivity contribution in [2.75, 3.05) is 26.0 Å². The van der Waals surface area contributed by atoms with Crippen LogP contribution in [0.3, 0.4) is 0 Å². The second kappa shape index (κ2) is 11.1. The fourth-order valence-electron chi connectivity index (χ4n) is 2.55. The van der Waals surface area contributed by atoms with Crippen molar-refractivity contribution in [1.82, 2.24) is 14.5 Å². The summed E-state index contributed by atoms with van der Waals surface area (Å²) >= 11 is 8.39. The molecule has 9 nitrogen and oxygen atoms in total. The maximum atomic E-state index is 12.6. The molecule has 33 heavy (non-hydrogen) atoms. The summed E-state index contributed by atoms with van der Waals surface area (Å²) in [5.74, 6) is -0.349. The Hall–Kier alpha value is -2.51. The molecule has 0 aliphatic rings. The summed E-state index contributed by atoms with van der Waals surface area (Å²) in [5.41, 5.74) is 1.44. The molecule has 1 aromatic heterocycles. The first-order chi connectivity index (χ1) is 15.7. The summed E-state index contributed by atoms with van der Waals surface area (Å²) < 4.78 is 31.4. The van der Waals surface area contributed by atoms with E-state index in [0.717, 1.165) is 9.87 Å². The highest BCUT2D eigenvalue weighted by Gasteiger charge is 2.23. The second-order valence-corrected chi connectivity index (χ2v) is 11.3. The molecule has 0 aliphatic carbocycles. The van der Waals surface area contributed by atoms with Gasteiger partial charge in [-0.25, -0.2) is 13.2 Å². The number of likely N-dealkylation sites (N-methyl/N-ethyl adjacent to an activating group) is 1. The smallest absolute Gasteiger partial charge is 0.337 e. The molecule has 3 aromatic rings. The number of hydrogen-bond donors (Lipinski definition) is 1. The van der Waals surface area contributed by atoms with Gasteiger partial charge in [-0.15, -0.1) is 10.2 Å². The van der Waals surface area contributed by atoms with E-state index in [1.165, 1.54) is 61.5 Å². The summed E-state index contributed by atoms with van der Waals surface area (Å²) in [6.07, 6.45) is 0. The van der Waals surface area contributed by atoms with Gasteiger partial charge in [-0.1, -0.05) is 46.8 Å². The summed E-state index contributed by atoms with van der Waals surface area (Å²) in [6.45, 7) is -0.389. The Labute approximate surface area is 204 Å². The Morgan fingerprint density at radius 3 is 2.42 bits per heavy atom. The molecule has 0 atom stereocenters. The number of sulfonamides is 1. The maximum absolute atomic E-state index is 12.6. The van der Waals surface area contributed by atoms with Gasteiger partial charge in [-0.2, -0.15) is 4.31 Å². The number of carbonyl (C=O) groups excluding carboxylic acids is 2. The zero-order valence-electron chi connectivity index (χ0n) is 17.5. The Morgan fingerprint density at radius 2 is 1.79 bits per heavy atom. The molecule has 2 aromatic carbocycles. The van der Waals surface area contributed by atoms with Crippen LogP contribution in [-0.2, 0) is 25.3 Å². The van der Waals surface area contributed by atoms with Crippen LogP contribution in [0.2, 0.25) is 5.02 Å². The van der Waals surface area contributed by atoms with Crippen molar-refractivity contribution in [3.8, 4) is 0 Å². The summed E-state index contributed by atoms with van der Waals surface area (Å²) in [6, 6.07) is 12.7. The number of anilines is 1. The van der Waals surface area contributed by atoms with Gasteiger partial charge in [0.2, 0.25) is 21.1 Å². The van der Waals surface area contributed by atoms with E-state index in [1.54, 1.807) is 12.1 Å². The molecule has 1 N–H and O–H groups in total. The molecule has 0 spiro atoms. The fraction of sp³-hybridized carbons (Fsp3) is 0.200. The van der Waals surface area contributed by atoms with Crippen molar-refractivity contribution in [3.63, 3.8) is 0 Å². The number of amides is 1. The van der Waals surface area contributed by atoms with E-state index in [4.69, 9.17) is 11.6 Å². The van der Waals surface area contributed by atoms with Crippen molar-refractivity contribution < 1.29 is 22.7 Å². The number of halogens is 1. The Bertz CT molecular complexity index is 1230. The van der Waals surface area contributed by atoms with Crippen molar-refractivity contribution >= 4 is 61.7 Å². The van der Waals surface area contributed by atoms with Crippen LogP contribution in [0.4, 0.5) is 5.13 Å². The highest BCUT2D eigenvalue weighted by atomic mass is 35.5. The molecule has 174 valence electrons. The van der Waals surface area contributed by atoms with E-state index >= 15 is 0 Å². The number of benzene rings is 2. The van der Waals surface area contributed by atoms with E-state index in [-0.39, 0.29) is 16.6 Å². The third-order valence-electron chi connectivity index (χ3n) is 4.28. The number of carbonyl (C=O) groups is 2. The third-order valence-corrected chi connectivity index (χ3v) is 8.39. The quantitative estimate of drug-likeness (QED) is 0.255. The molecule has 1 heterocycles. The number of ether oxygens (including phenoxy) is 1.